The summed E-state index contributed by atoms with van der Waals surface area (Å²) < 4.78 is 0. The molecule has 1 fully saturated rings. The molecule has 1 atom stereocenters. The zero-order chi connectivity index (χ0) is 12.0. The monoisotopic (exact) mass is 246 g/mol. The lowest BCUT2D eigenvalue weighted by Crippen LogP contribution is -2.47. The van der Waals surface area contributed by atoms with E-state index in [9.17, 15) is 9.59 Å². The fourth-order valence-corrected chi connectivity index (χ4v) is 1.85. The Balaban J connectivity index is 2.18. The van der Waals surface area contributed by atoms with E-state index in [2.05, 4.69) is 10.6 Å². The second kappa shape index (κ2) is 6.62. The summed E-state index contributed by atoms with van der Waals surface area (Å²) in [4.78, 5) is 22.2. The van der Waals surface area contributed by atoms with Crippen molar-refractivity contribution in [1.82, 2.24) is 10.6 Å². The lowest BCUT2D eigenvalue weighted by molar-refractivity contribution is -0.139. The van der Waals surface area contributed by atoms with Gasteiger partial charge in [0.1, 0.15) is 6.04 Å². The van der Waals surface area contributed by atoms with Crippen molar-refractivity contribution in [2.45, 2.75) is 25.3 Å². The lowest BCUT2D eigenvalue weighted by Gasteiger charge is -2.14. The van der Waals surface area contributed by atoms with E-state index in [1.165, 1.54) is 0 Å². The Bertz CT molecular complexity index is 256. The summed E-state index contributed by atoms with van der Waals surface area (Å²) in [7, 11) is 0. The Kier molecular flexibility index (Phi) is 5.45. The van der Waals surface area contributed by atoms with Crippen LogP contribution in [0.25, 0.3) is 0 Å². The summed E-state index contributed by atoms with van der Waals surface area (Å²) >= 11 is 1.72. The number of thioether (sulfide) groups is 1. The normalized spacial score (nSPS) is 16.6. The van der Waals surface area contributed by atoms with Crippen LogP contribution in [0.15, 0.2) is 0 Å². The van der Waals surface area contributed by atoms with E-state index >= 15 is 0 Å². The van der Waals surface area contributed by atoms with Crippen molar-refractivity contribution in [1.29, 1.82) is 0 Å². The first-order valence-electron chi connectivity index (χ1n) is 5.41. The van der Waals surface area contributed by atoms with Gasteiger partial charge in [0.2, 0.25) is 0 Å². The number of carboxylic acids is 1. The molecule has 0 saturated heterocycles. The van der Waals surface area contributed by atoms with E-state index in [1.54, 1.807) is 11.8 Å². The van der Waals surface area contributed by atoms with E-state index in [4.69, 9.17) is 5.11 Å². The zero-order valence-corrected chi connectivity index (χ0v) is 10.2. The molecule has 0 spiro atoms. The van der Waals surface area contributed by atoms with Crippen LogP contribution in [-0.2, 0) is 4.79 Å². The molecule has 92 valence electrons. The van der Waals surface area contributed by atoms with Gasteiger partial charge in [-0.2, -0.15) is 11.8 Å². The Morgan fingerprint density at radius 1 is 1.50 bits per heavy atom. The van der Waals surface area contributed by atoms with Gasteiger partial charge in [-0.25, -0.2) is 9.59 Å². The molecule has 16 heavy (non-hydrogen) atoms. The second-order valence-electron chi connectivity index (χ2n) is 3.90. The molecule has 1 unspecified atom stereocenters. The number of urea groups is 1. The summed E-state index contributed by atoms with van der Waals surface area (Å²) in [5, 5.41) is 14.1. The summed E-state index contributed by atoms with van der Waals surface area (Å²) in [6.45, 7) is 0.587. The van der Waals surface area contributed by atoms with Crippen LogP contribution >= 0.6 is 11.8 Å². The largest absolute Gasteiger partial charge is 0.480 e. The van der Waals surface area contributed by atoms with Crippen molar-refractivity contribution in [3.05, 3.63) is 0 Å². The van der Waals surface area contributed by atoms with Crippen LogP contribution in [0.2, 0.25) is 0 Å². The van der Waals surface area contributed by atoms with Crippen LogP contribution in [0.1, 0.15) is 19.3 Å². The highest BCUT2D eigenvalue weighted by molar-refractivity contribution is 7.98. The van der Waals surface area contributed by atoms with Crippen LogP contribution in [0.5, 0.6) is 0 Å². The number of rotatable bonds is 7. The van der Waals surface area contributed by atoms with Gasteiger partial charge in [0, 0.05) is 6.54 Å². The quantitative estimate of drug-likeness (QED) is 0.583. The zero-order valence-electron chi connectivity index (χ0n) is 9.36. The summed E-state index contributed by atoms with van der Waals surface area (Å²) in [6.07, 6.45) is 4.69. The van der Waals surface area contributed by atoms with Crippen molar-refractivity contribution in [2.75, 3.05) is 18.6 Å². The third-order valence-corrected chi connectivity index (χ3v) is 3.15. The van der Waals surface area contributed by atoms with Crippen molar-refractivity contribution < 1.29 is 14.7 Å². The molecule has 0 bridgehead atoms. The van der Waals surface area contributed by atoms with Gasteiger partial charge in [0.25, 0.3) is 0 Å². The van der Waals surface area contributed by atoms with Gasteiger partial charge < -0.3 is 15.7 Å². The number of nitrogens with one attached hydrogen (secondary N) is 2. The second-order valence-corrected chi connectivity index (χ2v) is 4.89. The molecule has 0 radical (unpaired) electrons. The SMILES string of the molecule is CSCCCNC(=O)NC(C(=O)O)C1CC1. The van der Waals surface area contributed by atoms with Gasteiger partial charge in [-0.15, -0.1) is 0 Å². The van der Waals surface area contributed by atoms with Crippen LogP contribution < -0.4 is 10.6 Å². The van der Waals surface area contributed by atoms with Gasteiger partial charge >= 0.3 is 12.0 Å². The third-order valence-electron chi connectivity index (χ3n) is 2.46. The molecule has 2 amide bonds. The smallest absolute Gasteiger partial charge is 0.326 e. The molecular weight excluding hydrogens is 228 g/mol. The average molecular weight is 246 g/mol. The number of carbonyl (C=O) groups is 2. The van der Waals surface area contributed by atoms with Crippen LogP contribution in [0.4, 0.5) is 4.79 Å². The fraction of sp³-hybridized carbons (Fsp3) is 0.800. The predicted octanol–water partition coefficient (Wildman–Crippen LogP) is 0.902. The van der Waals surface area contributed by atoms with Crippen molar-refractivity contribution in [3.8, 4) is 0 Å². The highest BCUT2D eigenvalue weighted by Gasteiger charge is 2.37. The standard InChI is InChI=1S/C10H18N2O3S/c1-16-6-2-5-11-10(15)12-8(9(13)14)7-3-4-7/h7-8H,2-6H2,1H3,(H,13,14)(H2,11,12,15). The highest BCUT2D eigenvalue weighted by atomic mass is 32.2. The van der Waals surface area contributed by atoms with Crippen LogP contribution in [-0.4, -0.2) is 41.7 Å². The minimum atomic E-state index is -0.943. The van der Waals surface area contributed by atoms with Gasteiger partial charge in [0.05, 0.1) is 0 Å². The van der Waals surface area contributed by atoms with Crippen LogP contribution in [0.3, 0.4) is 0 Å². The molecular formula is C10H18N2O3S. The van der Waals surface area contributed by atoms with Gasteiger partial charge in [0.15, 0.2) is 0 Å². The summed E-state index contributed by atoms with van der Waals surface area (Å²) in [5.41, 5.74) is 0. The molecule has 0 aromatic rings. The average Bonchev–Trinajstić information content (AvgIpc) is 3.04. The molecule has 6 heteroatoms. The highest BCUT2D eigenvalue weighted by Crippen LogP contribution is 2.32. The third kappa shape index (κ3) is 4.74. The first-order chi connectivity index (χ1) is 7.65. The maximum absolute atomic E-state index is 11.4. The predicted molar refractivity (Wildman–Crippen MR) is 63.7 cm³/mol. The van der Waals surface area contributed by atoms with Gasteiger partial charge in [-0.1, -0.05) is 0 Å². The molecule has 1 aliphatic rings. The first kappa shape index (κ1) is 13.2. The number of hydrogen-bond donors (Lipinski definition) is 3. The van der Waals surface area contributed by atoms with Gasteiger partial charge in [-0.05, 0) is 37.2 Å². The lowest BCUT2D eigenvalue weighted by atomic mass is 10.2. The molecule has 0 aromatic heterocycles. The Morgan fingerprint density at radius 3 is 2.69 bits per heavy atom. The Labute approximate surface area is 99.4 Å². The number of carbonyl (C=O) groups excluding carboxylic acids is 1. The molecule has 0 aliphatic heterocycles. The summed E-state index contributed by atoms with van der Waals surface area (Å²) in [5.74, 6) is 0.168. The number of carboxylic acid groups (broad SMARTS) is 1. The number of aliphatic carboxylic acids is 1. The van der Waals surface area contributed by atoms with Crippen molar-refractivity contribution >= 4 is 23.8 Å². The minimum Gasteiger partial charge on any atom is -0.480 e. The summed E-state index contributed by atoms with van der Waals surface area (Å²) in [6, 6.07) is -1.10. The fourth-order valence-electron chi connectivity index (χ4n) is 1.42. The maximum atomic E-state index is 11.4. The van der Waals surface area contributed by atoms with Gasteiger partial charge in [-0.3, -0.25) is 0 Å². The molecule has 1 rings (SSSR count). The number of hydrogen-bond acceptors (Lipinski definition) is 3. The van der Waals surface area contributed by atoms with E-state index in [1.807, 2.05) is 6.26 Å². The van der Waals surface area contributed by atoms with Crippen LogP contribution in [0, 0.1) is 5.92 Å². The van der Waals surface area contributed by atoms with E-state index in [-0.39, 0.29) is 11.9 Å². The Hall–Kier alpha value is -0.910. The number of amides is 2. The minimum absolute atomic E-state index is 0.120. The molecule has 0 heterocycles. The molecule has 1 saturated carbocycles. The molecule has 3 N–H and O–H groups in total. The molecule has 0 aromatic carbocycles. The Morgan fingerprint density at radius 2 is 2.19 bits per heavy atom. The van der Waals surface area contributed by atoms with E-state index in [0.29, 0.717) is 6.54 Å². The van der Waals surface area contributed by atoms with E-state index < -0.39 is 12.0 Å². The first-order valence-corrected chi connectivity index (χ1v) is 6.80. The van der Waals surface area contributed by atoms with Crippen molar-refractivity contribution in [2.24, 2.45) is 5.92 Å². The maximum Gasteiger partial charge on any atom is 0.326 e. The molecule has 5 nitrogen and oxygen atoms in total. The van der Waals surface area contributed by atoms with E-state index in [0.717, 1.165) is 25.0 Å². The molecule has 1 aliphatic carbocycles. The topological polar surface area (TPSA) is 78.4 Å². The van der Waals surface area contributed by atoms with Crippen molar-refractivity contribution in [3.63, 3.8) is 0 Å².